The minimum atomic E-state index is -3.68. The van der Waals surface area contributed by atoms with Crippen LogP contribution >= 0.6 is 11.8 Å². The van der Waals surface area contributed by atoms with E-state index in [1.807, 2.05) is 25.1 Å². The molecule has 0 saturated heterocycles. The maximum atomic E-state index is 12.9. The van der Waals surface area contributed by atoms with E-state index >= 15 is 0 Å². The molecular formula is C19H20N2O3S2. The van der Waals surface area contributed by atoms with E-state index in [2.05, 4.69) is 16.1 Å². The zero-order valence-electron chi connectivity index (χ0n) is 14.4. The van der Waals surface area contributed by atoms with Crippen molar-refractivity contribution in [2.75, 3.05) is 5.32 Å². The Morgan fingerprint density at radius 1 is 1.19 bits per heavy atom. The number of hydrogen-bond acceptors (Lipinski definition) is 4. The topological polar surface area (TPSA) is 75.3 Å². The monoisotopic (exact) mass is 388 g/mol. The summed E-state index contributed by atoms with van der Waals surface area (Å²) >= 11 is 1.44. The molecule has 1 heterocycles. The largest absolute Gasteiger partial charge is 0.324 e. The van der Waals surface area contributed by atoms with Crippen molar-refractivity contribution in [2.45, 2.75) is 47.3 Å². The van der Waals surface area contributed by atoms with Gasteiger partial charge in [0.25, 0.3) is 0 Å². The minimum Gasteiger partial charge on any atom is -0.324 e. The number of aryl methyl sites for hydroxylation is 1. The summed E-state index contributed by atoms with van der Waals surface area (Å²) in [4.78, 5) is 12.9. The van der Waals surface area contributed by atoms with Gasteiger partial charge in [0.05, 0.1) is 15.8 Å². The molecule has 0 bridgehead atoms. The number of anilines is 1. The molecule has 1 aliphatic carbocycles. The van der Waals surface area contributed by atoms with Crippen molar-refractivity contribution >= 4 is 33.4 Å². The van der Waals surface area contributed by atoms with Crippen LogP contribution in [0.3, 0.4) is 0 Å². The third kappa shape index (κ3) is 3.26. The lowest BCUT2D eigenvalue weighted by Gasteiger charge is -2.26. The molecule has 2 N–H and O–H groups in total. The first-order valence-electron chi connectivity index (χ1n) is 8.66. The Balaban J connectivity index is 1.62. The van der Waals surface area contributed by atoms with Crippen LogP contribution in [0.1, 0.15) is 36.9 Å². The van der Waals surface area contributed by atoms with Crippen LogP contribution in [0.25, 0.3) is 0 Å². The molecule has 0 radical (unpaired) electrons. The summed E-state index contributed by atoms with van der Waals surface area (Å²) in [5, 5.41) is 2.61. The second kappa shape index (κ2) is 6.72. The molecule has 1 amide bonds. The van der Waals surface area contributed by atoms with E-state index in [0.29, 0.717) is 5.69 Å². The van der Waals surface area contributed by atoms with Crippen molar-refractivity contribution in [3.63, 3.8) is 0 Å². The Bertz CT molecular complexity index is 972. The number of benzene rings is 2. The van der Waals surface area contributed by atoms with Gasteiger partial charge in [0.15, 0.2) is 0 Å². The smallest absolute Gasteiger partial charge is 0.241 e. The summed E-state index contributed by atoms with van der Waals surface area (Å²) < 4.78 is 28.7. The van der Waals surface area contributed by atoms with E-state index in [-0.39, 0.29) is 22.1 Å². The van der Waals surface area contributed by atoms with Crippen LogP contribution < -0.4 is 10.0 Å². The lowest BCUT2D eigenvalue weighted by molar-refractivity contribution is -0.115. The molecular weight excluding hydrogens is 368 g/mol. The highest BCUT2D eigenvalue weighted by atomic mass is 32.2. The van der Waals surface area contributed by atoms with Crippen molar-refractivity contribution < 1.29 is 13.2 Å². The number of hydrogen-bond donors (Lipinski definition) is 2. The van der Waals surface area contributed by atoms with Gasteiger partial charge >= 0.3 is 0 Å². The quantitative estimate of drug-likeness (QED) is 0.844. The highest BCUT2D eigenvalue weighted by Crippen LogP contribution is 2.37. The number of fused-ring (bicyclic) bond motifs is 2. The van der Waals surface area contributed by atoms with Gasteiger partial charge in [-0.25, -0.2) is 13.1 Å². The third-order valence-electron chi connectivity index (χ3n) is 4.86. The van der Waals surface area contributed by atoms with Gasteiger partial charge in [-0.1, -0.05) is 24.3 Å². The van der Waals surface area contributed by atoms with Crippen molar-refractivity contribution in [2.24, 2.45) is 0 Å². The van der Waals surface area contributed by atoms with Crippen LogP contribution in [0.2, 0.25) is 0 Å². The Morgan fingerprint density at radius 3 is 2.85 bits per heavy atom. The minimum absolute atomic E-state index is 0.105. The van der Waals surface area contributed by atoms with Gasteiger partial charge in [0.2, 0.25) is 15.9 Å². The number of carbonyl (C=O) groups excluding carboxylic acids is 1. The molecule has 4 rings (SSSR count). The molecule has 5 nitrogen and oxygen atoms in total. The van der Waals surface area contributed by atoms with Gasteiger partial charge in [-0.2, -0.15) is 0 Å². The average Bonchev–Trinajstić information content (AvgIpc) is 2.62. The number of carbonyl (C=O) groups is 1. The first-order chi connectivity index (χ1) is 12.4. The second-order valence-electron chi connectivity index (χ2n) is 6.67. The molecule has 2 aromatic rings. The molecule has 0 fully saturated rings. The van der Waals surface area contributed by atoms with Crippen LogP contribution in [0.5, 0.6) is 0 Å². The molecule has 2 atom stereocenters. The molecule has 0 spiro atoms. The molecule has 2 unspecified atom stereocenters. The Hall–Kier alpha value is -1.83. The van der Waals surface area contributed by atoms with E-state index in [4.69, 9.17) is 0 Å². The summed E-state index contributed by atoms with van der Waals surface area (Å²) in [5.41, 5.74) is 2.82. The first kappa shape index (κ1) is 17.6. The zero-order valence-corrected chi connectivity index (χ0v) is 16.0. The fraction of sp³-hybridized carbons (Fsp3) is 0.316. The average molecular weight is 389 g/mol. The lowest BCUT2D eigenvalue weighted by Crippen LogP contribution is -2.31. The maximum Gasteiger partial charge on any atom is 0.241 e. The van der Waals surface area contributed by atoms with Crippen LogP contribution in [0, 0.1) is 0 Å². The van der Waals surface area contributed by atoms with Crippen LogP contribution in [-0.2, 0) is 21.2 Å². The fourth-order valence-electron chi connectivity index (χ4n) is 3.49. The molecule has 2 aliphatic rings. The van der Waals surface area contributed by atoms with Crippen molar-refractivity contribution in [3.8, 4) is 0 Å². The number of nitrogens with one attached hydrogen (secondary N) is 2. The van der Waals surface area contributed by atoms with Gasteiger partial charge in [0.1, 0.15) is 0 Å². The Labute approximate surface area is 157 Å². The van der Waals surface area contributed by atoms with Crippen LogP contribution in [0.4, 0.5) is 5.69 Å². The van der Waals surface area contributed by atoms with Gasteiger partial charge in [-0.05, 0) is 55.5 Å². The van der Waals surface area contributed by atoms with Crippen molar-refractivity contribution in [1.82, 2.24) is 4.72 Å². The summed E-state index contributed by atoms with van der Waals surface area (Å²) in [5.74, 6) is -0.105. The number of amides is 1. The van der Waals surface area contributed by atoms with Gasteiger partial charge in [-0.15, -0.1) is 11.8 Å². The summed E-state index contributed by atoms with van der Waals surface area (Å²) in [6.07, 6.45) is 2.72. The number of thioether (sulfide) groups is 1. The summed E-state index contributed by atoms with van der Waals surface area (Å²) in [6, 6.07) is 12.7. The van der Waals surface area contributed by atoms with Crippen LogP contribution in [0.15, 0.2) is 52.3 Å². The van der Waals surface area contributed by atoms with E-state index in [9.17, 15) is 13.2 Å². The molecule has 26 heavy (non-hydrogen) atoms. The first-order valence-corrected chi connectivity index (χ1v) is 11.0. The van der Waals surface area contributed by atoms with Gasteiger partial charge in [-0.3, -0.25) is 4.79 Å². The molecule has 136 valence electrons. The Morgan fingerprint density at radius 2 is 2.00 bits per heavy atom. The SMILES string of the molecule is CC1Sc2ccc(S(=O)(=O)NC3CCCc4ccccc43)cc2NC1=O. The predicted octanol–water partition coefficient (Wildman–Crippen LogP) is 3.48. The highest BCUT2D eigenvalue weighted by Gasteiger charge is 2.28. The van der Waals surface area contributed by atoms with Crippen molar-refractivity contribution in [1.29, 1.82) is 0 Å². The normalized spacial score (nSPS) is 22.3. The van der Waals surface area contributed by atoms with Crippen LogP contribution in [-0.4, -0.2) is 19.6 Å². The summed E-state index contributed by atoms with van der Waals surface area (Å²) in [7, 11) is -3.68. The van der Waals surface area contributed by atoms with E-state index in [1.54, 1.807) is 18.2 Å². The Kier molecular flexibility index (Phi) is 4.54. The molecule has 1 aliphatic heterocycles. The number of sulfonamides is 1. The fourth-order valence-corrected chi connectivity index (χ4v) is 5.69. The van der Waals surface area contributed by atoms with E-state index < -0.39 is 10.0 Å². The molecule has 2 aromatic carbocycles. The molecule has 0 saturated carbocycles. The van der Waals surface area contributed by atoms with Gasteiger partial charge < -0.3 is 5.32 Å². The molecule has 0 aromatic heterocycles. The van der Waals surface area contributed by atoms with Crippen molar-refractivity contribution in [3.05, 3.63) is 53.6 Å². The van der Waals surface area contributed by atoms with Gasteiger partial charge in [0, 0.05) is 10.9 Å². The third-order valence-corrected chi connectivity index (χ3v) is 7.51. The zero-order chi connectivity index (χ0) is 18.3. The molecule has 7 heteroatoms. The standard InChI is InChI=1S/C19H20N2O3S2/c1-12-19(22)20-17-11-14(9-10-18(17)25-12)26(23,24)21-16-8-4-6-13-5-2-3-7-15(13)16/h2-3,5,7,9-12,16,21H,4,6,8H2,1H3,(H,20,22). The lowest BCUT2D eigenvalue weighted by atomic mass is 9.88. The van der Waals surface area contributed by atoms with E-state index in [0.717, 1.165) is 29.7 Å². The van der Waals surface area contributed by atoms with E-state index in [1.165, 1.54) is 17.3 Å². The predicted molar refractivity (Wildman–Crippen MR) is 103 cm³/mol. The second-order valence-corrected chi connectivity index (χ2v) is 9.77. The highest BCUT2D eigenvalue weighted by molar-refractivity contribution is 8.01. The maximum absolute atomic E-state index is 12.9. The summed E-state index contributed by atoms with van der Waals surface area (Å²) in [6.45, 7) is 1.83. The number of rotatable bonds is 3.